The zero-order chi connectivity index (χ0) is 17.8. The summed E-state index contributed by atoms with van der Waals surface area (Å²) in [6.45, 7) is 2.19. The molecule has 2 aromatic carbocycles. The lowest BCUT2D eigenvalue weighted by atomic mass is 10.1. The second kappa shape index (κ2) is 7.17. The Bertz CT molecular complexity index is 805. The van der Waals surface area contributed by atoms with Crippen LogP contribution in [0.3, 0.4) is 0 Å². The lowest BCUT2D eigenvalue weighted by Gasteiger charge is -2.16. The van der Waals surface area contributed by atoms with Crippen molar-refractivity contribution >= 4 is 23.4 Å². The molecule has 1 aliphatic heterocycles. The van der Waals surface area contributed by atoms with E-state index in [0.717, 1.165) is 11.3 Å². The van der Waals surface area contributed by atoms with Gasteiger partial charge in [0.2, 0.25) is 11.8 Å². The Morgan fingerprint density at radius 2 is 1.80 bits per heavy atom. The van der Waals surface area contributed by atoms with Crippen LogP contribution in [-0.2, 0) is 9.59 Å². The summed E-state index contributed by atoms with van der Waals surface area (Å²) in [5.74, 6) is -1.35. The third-order valence-electron chi connectivity index (χ3n) is 4.14. The van der Waals surface area contributed by atoms with Gasteiger partial charge in [-0.2, -0.15) is 0 Å². The van der Waals surface area contributed by atoms with E-state index in [1.807, 2.05) is 43.3 Å². The molecule has 0 unspecified atom stereocenters. The van der Waals surface area contributed by atoms with Gasteiger partial charge >= 0.3 is 0 Å². The second-order valence-electron chi connectivity index (χ2n) is 6.05. The van der Waals surface area contributed by atoms with Crippen LogP contribution in [0.2, 0.25) is 0 Å². The predicted octanol–water partition coefficient (Wildman–Crippen LogP) is 1.81. The number of aryl methyl sites for hydroxylation is 1. The van der Waals surface area contributed by atoms with Crippen LogP contribution in [0.1, 0.15) is 22.3 Å². The lowest BCUT2D eigenvalue weighted by Crippen LogP contribution is -2.45. The van der Waals surface area contributed by atoms with Gasteiger partial charge in [-0.25, -0.2) is 0 Å². The molecule has 6 nitrogen and oxygen atoms in total. The number of amides is 3. The minimum atomic E-state index is -0.495. The number of para-hydroxylation sites is 1. The summed E-state index contributed by atoms with van der Waals surface area (Å²) in [6.07, 6.45) is 0.126. The Morgan fingerprint density at radius 1 is 1.04 bits per heavy atom. The highest BCUT2D eigenvalue weighted by Gasteiger charge is 2.35. The Labute approximate surface area is 145 Å². The molecular weight excluding hydrogens is 318 g/mol. The van der Waals surface area contributed by atoms with Crippen LogP contribution in [0.15, 0.2) is 54.6 Å². The molecule has 2 N–H and O–H groups in total. The standard InChI is InChI=1S/C19H19N3O3/c1-13-6-5-7-14(10-13)18(24)20-21-19(25)15-11-17(23)22(12-15)16-8-3-2-4-9-16/h2-10,15H,11-12H2,1H3,(H,20,24)(H,21,25)/t15-/m0/s1. The Balaban J connectivity index is 1.57. The first-order valence-corrected chi connectivity index (χ1v) is 8.07. The summed E-state index contributed by atoms with van der Waals surface area (Å²) in [4.78, 5) is 38.1. The van der Waals surface area contributed by atoms with Crippen LogP contribution in [0.4, 0.5) is 5.69 Å². The van der Waals surface area contributed by atoms with E-state index in [9.17, 15) is 14.4 Å². The van der Waals surface area contributed by atoms with E-state index in [2.05, 4.69) is 10.9 Å². The third-order valence-corrected chi connectivity index (χ3v) is 4.14. The maximum Gasteiger partial charge on any atom is 0.269 e. The number of hydrogen-bond donors (Lipinski definition) is 2. The fourth-order valence-electron chi connectivity index (χ4n) is 2.82. The van der Waals surface area contributed by atoms with E-state index in [1.165, 1.54) is 0 Å². The number of hydrazine groups is 1. The van der Waals surface area contributed by atoms with E-state index < -0.39 is 5.92 Å². The molecule has 3 rings (SSSR count). The highest BCUT2D eigenvalue weighted by atomic mass is 16.2. The van der Waals surface area contributed by atoms with Crippen LogP contribution < -0.4 is 15.8 Å². The Hall–Kier alpha value is -3.15. The maximum absolute atomic E-state index is 12.3. The van der Waals surface area contributed by atoms with Crippen molar-refractivity contribution in [2.45, 2.75) is 13.3 Å². The number of carbonyl (C=O) groups excluding carboxylic acids is 3. The first kappa shape index (κ1) is 16.7. The van der Waals surface area contributed by atoms with Gasteiger partial charge in [-0.1, -0.05) is 35.9 Å². The minimum Gasteiger partial charge on any atom is -0.312 e. The van der Waals surface area contributed by atoms with Crippen LogP contribution in [0, 0.1) is 12.8 Å². The number of carbonyl (C=O) groups is 3. The van der Waals surface area contributed by atoms with Gasteiger partial charge in [-0.3, -0.25) is 25.2 Å². The van der Waals surface area contributed by atoms with Crippen molar-refractivity contribution in [1.82, 2.24) is 10.9 Å². The quantitative estimate of drug-likeness (QED) is 0.839. The van der Waals surface area contributed by atoms with Gasteiger partial charge in [-0.15, -0.1) is 0 Å². The van der Waals surface area contributed by atoms with Gasteiger partial charge in [0.15, 0.2) is 0 Å². The van der Waals surface area contributed by atoms with Gasteiger partial charge < -0.3 is 4.90 Å². The van der Waals surface area contributed by atoms with Crippen LogP contribution in [0.5, 0.6) is 0 Å². The molecule has 0 spiro atoms. The fourth-order valence-corrected chi connectivity index (χ4v) is 2.82. The molecule has 128 valence electrons. The Kier molecular flexibility index (Phi) is 4.79. The van der Waals surface area contributed by atoms with Gasteiger partial charge in [0.25, 0.3) is 5.91 Å². The zero-order valence-corrected chi connectivity index (χ0v) is 13.9. The van der Waals surface area contributed by atoms with Gasteiger partial charge in [0.1, 0.15) is 0 Å². The molecule has 0 radical (unpaired) electrons. The number of rotatable bonds is 3. The third kappa shape index (κ3) is 3.85. The van der Waals surface area contributed by atoms with Gasteiger partial charge in [0, 0.05) is 24.2 Å². The topological polar surface area (TPSA) is 78.5 Å². The molecule has 1 saturated heterocycles. The average Bonchev–Trinajstić information content (AvgIpc) is 3.02. The summed E-state index contributed by atoms with van der Waals surface area (Å²) in [5.41, 5.74) is 7.02. The first-order valence-electron chi connectivity index (χ1n) is 8.07. The van der Waals surface area contributed by atoms with Crippen LogP contribution in [-0.4, -0.2) is 24.3 Å². The van der Waals surface area contributed by atoms with E-state index >= 15 is 0 Å². The number of nitrogens with zero attached hydrogens (tertiary/aromatic N) is 1. The molecule has 3 amide bonds. The molecule has 2 aromatic rings. The number of anilines is 1. The SMILES string of the molecule is Cc1cccc(C(=O)NNC(=O)[C@H]2CC(=O)N(c3ccccc3)C2)c1. The molecule has 1 heterocycles. The molecule has 0 saturated carbocycles. The lowest BCUT2D eigenvalue weighted by molar-refractivity contribution is -0.126. The molecule has 1 aliphatic rings. The summed E-state index contributed by atoms with van der Waals surface area (Å²) >= 11 is 0. The van der Waals surface area contributed by atoms with Gasteiger partial charge in [0.05, 0.1) is 5.92 Å². The Morgan fingerprint density at radius 3 is 2.52 bits per heavy atom. The highest BCUT2D eigenvalue weighted by Crippen LogP contribution is 2.24. The van der Waals surface area contributed by atoms with Crippen molar-refractivity contribution in [3.05, 3.63) is 65.7 Å². The van der Waals surface area contributed by atoms with Crippen molar-refractivity contribution in [3.8, 4) is 0 Å². The van der Waals surface area contributed by atoms with Crippen molar-refractivity contribution in [2.24, 2.45) is 5.92 Å². The molecule has 25 heavy (non-hydrogen) atoms. The summed E-state index contributed by atoms with van der Waals surface area (Å²) < 4.78 is 0. The van der Waals surface area contributed by atoms with Crippen LogP contribution in [0.25, 0.3) is 0 Å². The monoisotopic (exact) mass is 337 g/mol. The molecule has 0 aliphatic carbocycles. The predicted molar refractivity (Wildman–Crippen MR) is 93.7 cm³/mol. The zero-order valence-electron chi connectivity index (χ0n) is 13.9. The van der Waals surface area contributed by atoms with Crippen LogP contribution >= 0.6 is 0 Å². The fraction of sp³-hybridized carbons (Fsp3) is 0.211. The summed E-state index contributed by atoms with van der Waals surface area (Å²) in [5, 5.41) is 0. The van der Waals surface area contributed by atoms with Crippen molar-refractivity contribution in [3.63, 3.8) is 0 Å². The summed E-state index contributed by atoms with van der Waals surface area (Å²) in [6, 6.07) is 16.3. The maximum atomic E-state index is 12.3. The largest absolute Gasteiger partial charge is 0.312 e. The smallest absolute Gasteiger partial charge is 0.269 e. The normalized spacial score (nSPS) is 16.6. The molecule has 0 aromatic heterocycles. The van der Waals surface area contributed by atoms with Crippen molar-refractivity contribution in [2.75, 3.05) is 11.4 Å². The molecule has 6 heteroatoms. The van der Waals surface area contributed by atoms with E-state index in [1.54, 1.807) is 23.1 Å². The second-order valence-corrected chi connectivity index (χ2v) is 6.05. The van der Waals surface area contributed by atoms with Crippen molar-refractivity contribution < 1.29 is 14.4 Å². The summed E-state index contributed by atoms with van der Waals surface area (Å²) in [7, 11) is 0. The molecule has 1 atom stereocenters. The number of benzene rings is 2. The number of hydrogen-bond acceptors (Lipinski definition) is 3. The first-order chi connectivity index (χ1) is 12.0. The van der Waals surface area contributed by atoms with Crippen molar-refractivity contribution in [1.29, 1.82) is 0 Å². The molecule has 1 fully saturated rings. The molecule has 0 bridgehead atoms. The minimum absolute atomic E-state index is 0.101. The van der Waals surface area contributed by atoms with E-state index in [0.29, 0.717) is 12.1 Å². The molecular formula is C19H19N3O3. The average molecular weight is 337 g/mol. The highest BCUT2D eigenvalue weighted by molar-refractivity contribution is 6.01. The van der Waals surface area contributed by atoms with E-state index in [4.69, 9.17) is 0 Å². The number of nitrogens with one attached hydrogen (secondary N) is 2. The van der Waals surface area contributed by atoms with E-state index in [-0.39, 0.29) is 24.1 Å². The van der Waals surface area contributed by atoms with Gasteiger partial charge in [-0.05, 0) is 31.2 Å².